The van der Waals surface area contributed by atoms with E-state index >= 15 is 0 Å². The Morgan fingerprint density at radius 2 is 2.13 bits per heavy atom. The second-order valence-corrected chi connectivity index (χ2v) is 6.26. The van der Waals surface area contributed by atoms with Crippen LogP contribution in [0.3, 0.4) is 0 Å². The Hall–Kier alpha value is -1.89. The zero-order chi connectivity index (χ0) is 16.8. The van der Waals surface area contributed by atoms with Crippen LogP contribution < -0.4 is 5.32 Å². The lowest BCUT2D eigenvalue weighted by molar-refractivity contribution is -0.122. The summed E-state index contributed by atoms with van der Waals surface area (Å²) in [5.41, 5.74) is 0.641. The van der Waals surface area contributed by atoms with E-state index in [1.807, 2.05) is 30.8 Å². The molecular weight excluding hydrogens is 294 g/mol. The smallest absolute Gasteiger partial charge is 0.272 e. The normalized spacial score (nSPS) is 18.8. The largest absolute Gasteiger partial charge is 0.352 e. The molecule has 0 radical (unpaired) electrons. The lowest BCUT2D eigenvalue weighted by Gasteiger charge is -2.21. The fourth-order valence-electron chi connectivity index (χ4n) is 2.93. The Balaban J connectivity index is 1.91. The van der Waals surface area contributed by atoms with E-state index in [2.05, 4.69) is 10.4 Å². The minimum absolute atomic E-state index is 0.0321. The molecule has 0 saturated carbocycles. The second kappa shape index (κ2) is 8.10. The van der Waals surface area contributed by atoms with Crippen LogP contribution in [-0.4, -0.2) is 71.2 Å². The van der Waals surface area contributed by atoms with Crippen LogP contribution in [-0.2, 0) is 11.3 Å². The summed E-state index contributed by atoms with van der Waals surface area (Å²) in [6, 6.07) is 1.92. The molecule has 1 aliphatic rings. The van der Waals surface area contributed by atoms with Crippen molar-refractivity contribution >= 4 is 11.8 Å². The number of aryl methyl sites for hydroxylation is 1. The van der Waals surface area contributed by atoms with Gasteiger partial charge in [-0.15, -0.1) is 0 Å². The first-order chi connectivity index (χ1) is 11.0. The van der Waals surface area contributed by atoms with Gasteiger partial charge in [-0.05, 0) is 46.3 Å². The third-order valence-corrected chi connectivity index (χ3v) is 4.08. The van der Waals surface area contributed by atoms with Crippen molar-refractivity contribution in [3.05, 3.63) is 18.0 Å². The molecule has 0 spiro atoms. The summed E-state index contributed by atoms with van der Waals surface area (Å²) in [5, 5.41) is 7.23. The highest BCUT2D eigenvalue weighted by atomic mass is 16.2. The van der Waals surface area contributed by atoms with Crippen LogP contribution in [0.2, 0.25) is 0 Å². The molecule has 1 N–H and O–H groups in total. The van der Waals surface area contributed by atoms with Gasteiger partial charge in [0, 0.05) is 31.9 Å². The summed E-state index contributed by atoms with van der Waals surface area (Å²) < 4.78 is 1.73. The molecule has 128 valence electrons. The van der Waals surface area contributed by atoms with E-state index in [1.54, 1.807) is 16.9 Å². The van der Waals surface area contributed by atoms with Crippen molar-refractivity contribution in [3.8, 4) is 0 Å². The zero-order valence-corrected chi connectivity index (χ0v) is 14.3. The lowest BCUT2D eigenvalue weighted by Crippen LogP contribution is -2.41. The van der Waals surface area contributed by atoms with Crippen molar-refractivity contribution in [1.29, 1.82) is 0 Å². The molecular formula is C16H27N5O2. The molecule has 1 aliphatic heterocycles. The fraction of sp³-hybridized carbons (Fsp3) is 0.688. The number of hydrogen-bond donors (Lipinski definition) is 1. The van der Waals surface area contributed by atoms with Gasteiger partial charge in [0.15, 0.2) is 0 Å². The topological polar surface area (TPSA) is 70.5 Å². The molecule has 7 heteroatoms. The standard InChI is InChI=1S/C16H27N5O2/c1-4-21-14(7-9-17-21)16(23)20-10-5-6-13(8-11-20)18-15(22)12-19(2)3/h7,9,13H,4-6,8,10-12H2,1-3H3,(H,18,22). The summed E-state index contributed by atoms with van der Waals surface area (Å²) in [4.78, 5) is 28.2. The monoisotopic (exact) mass is 321 g/mol. The molecule has 1 atom stereocenters. The number of nitrogens with one attached hydrogen (secondary N) is 1. The van der Waals surface area contributed by atoms with Crippen LogP contribution in [0.15, 0.2) is 12.3 Å². The predicted octanol–water partition coefficient (Wildman–Crippen LogP) is 0.576. The van der Waals surface area contributed by atoms with Gasteiger partial charge in [-0.3, -0.25) is 14.3 Å². The van der Waals surface area contributed by atoms with E-state index in [1.165, 1.54) is 0 Å². The average Bonchev–Trinajstić information content (AvgIpc) is 2.85. The number of rotatable bonds is 5. The molecule has 1 saturated heterocycles. The third-order valence-electron chi connectivity index (χ3n) is 4.08. The van der Waals surface area contributed by atoms with Crippen LogP contribution in [0.4, 0.5) is 0 Å². The number of carbonyl (C=O) groups is 2. The van der Waals surface area contributed by atoms with Gasteiger partial charge in [-0.25, -0.2) is 0 Å². The van der Waals surface area contributed by atoms with Crippen molar-refractivity contribution < 1.29 is 9.59 Å². The number of amides is 2. The van der Waals surface area contributed by atoms with Crippen LogP contribution in [0, 0.1) is 0 Å². The molecule has 2 amide bonds. The Morgan fingerprint density at radius 1 is 1.35 bits per heavy atom. The summed E-state index contributed by atoms with van der Waals surface area (Å²) in [7, 11) is 3.76. The van der Waals surface area contributed by atoms with E-state index < -0.39 is 0 Å². The first-order valence-corrected chi connectivity index (χ1v) is 8.26. The van der Waals surface area contributed by atoms with Crippen LogP contribution >= 0.6 is 0 Å². The summed E-state index contributed by atoms with van der Waals surface area (Å²) in [6.45, 7) is 4.46. The highest BCUT2D eigenvalue weighted by Crippen LogP contribution is 2.14. The van der Waals surface area contributed by atoms with Gasteiger partial charge in [-0.2, -0.15) is 5.10 Å². The maximum Gasteiger partial charge on any atom is 0.272 e. The van der Waals surface area contributed by atoms with Gasteiger partial charge in [-0.1, -0.05) is 0 Å². The molecule has 2 heterocycles. The molecule has 1 unspecified atom stereocenters. The minimum Gasteiger partial charge on any atom is -0.352 e. The fourth-order valence-corrected chi connectivity index (χ4v) is 2.93. The number of aromatic nitrogens is 2. The van der Waals surface area contributed by atoms with E-state index in [9.17, 15) is 9.59 Å². The highest BCUT2D eigenvalue weighted by molar-refractivity contribution is 5.92. The maximum absolute atomic E-state index is 12.6. The van der Waals surface area contributed by atoms with E-state index in [0.29, 0.717) is 25.3 Å². The van der Waals surface area contributed by atoms with Gasteiger partial charge in [0.1, 0.15) is 5.69 Å². The molecule has 1 fully saturated rings. The van der Waals surface area contributed by atoms with E-state index in [0.717, 1.165) is 25.8 Å². The zero-order valence-electron chi connectivity index (χ0n) is 14.3. The van der Waals surface area contributed by atoms with E-state index in [4.69, 9.17) is 0 Å². The van der Waals surface area contributed by atoms with Crippen LogP contribution in [0.5, 0.6) is 0 Å². The molecule has 0 aromatic carbocycles. The van der Waals surface area contributed by atoms with Gasteiger partial charge in [0.05, 0.1) is 6.54 Å². The number of hydrogen-bond acceptors (Lipinski definition) is 4. The van der Waals surface area contributed by atoms with Crippen molar-refractivity contribution in [2.24, 2.45) is 0 Å². The van der Waals surface area contributed by atoms with Crippen molar-refractivity contribution in [2.45, 2.75) is 38.8 Å². The van der Waals surface area contributed by atoms with Crippen molar-refractivity contribution in [3.63, 3.8) is 0 Å². The summed E-state index contributed by atoms with van der Waals surface area (Å²) >= 11 is 0. The quantitative estimate of drug-likeness (QED) is 0.861. The average molecular weight is 321 g/mol. The van der Waals surface area contributed by atoms with Crippen molar-refractivity contribution in [1.82, 2.24) is 24.9 Å². The molecule has 23 heavy (non-hydrogen) atoms. The Morgan fingerprint density at radius 3 is 2.83 bits per heavy atom. The number of carbonyl (C=O) groups excluding carboxylic acids is 2. The summed E-state index contributed by atoms with van der Waals surface area (Å²) in [6.07, 6.45) is 4.28. The van der Waals surface area contributed by atoms with Gasteiger partial charge in [0.25, 0.3) is 5.91 Å². The molecule has 0 aliphatic carbocycles. The highest BCUT2D eigenvalue weighted by Gasteiger charge is 2.24. The molecule has 2 rings (SSSR count). The second-order valence-electron chi connectivity index (χ2n) is 6.26. The Bertz CT molecular complexity index is 540. The maximum atomic E-state index is 12.6. The van der Waals surface area contributed by atoms with Crippen LogP contribution in [0.25, 0.3) is 0 Å². The first-order valence-electron chi connectivity index (χ1n) is 8.26. The van der Waals surface area contributed by atoms with Gasteiger partial charge >= 0.3 is 0 Å². The lowest BCUT2D eigenvalue weighted by atomic mass is 10.1. The molecule has 1 aromatic rings. The minimum atomic E-state index is 0.0321. The first kappa shape index (κ1) is 17.5. The molecule has 7 nitrogen and oxygen atoms in total. The predicted molar refractivity (Wildman–Crippen MR) is 88.1 cm³/mol. The van der Waals surface area contributed by atoms with Gasteiger partial charge in [0.2, 0.25) is 5.91 Å². The number of likely N-dealkylation sites (N-methyl/N-ethyl adjacent to an activating group) is 1. The SMILES string of the molecule is CCn1nccc1C(=O)N1CCCC(NC(=O)CN(C)C)CC1. The summed E-state index contributed by atoms with van der Waals surface area (Å²) in [5.74, 6) is 0.0773. The van der Waals surface area contributed by atoms with Crippen LogP contribution in [0.1, 0.15) is 36.7 Å². The molecule has 0 bridgehead atoms. The number of likely N-dealkylation sites (tertiary alicyclic amines) is 1. The molecule has 1 aromatic heterocycles. The van der Waals surface area contributed by atoms with Crippen molar-refractivity contribution in [2.75, 3.05) is 33.7 Å². The van der Waals surface area contributed by atoms with Gasteiger partial charge < -0.3 is 15.1 Å². The van der Waals surface area contributed by atoms with E-state index in [-0.39, 0.29) is 17.9 Å². The number of nitrogens with zero attached hydrogens (tertiary/aromatic N) is 4. The Labute approximate surface area is 137 Å². The third kappa shape index (κ3) is 4.79. The Kier molecular flexibility index (Phi) is 6.15.